The van der Waals surface area contributed by atoms with E-state index >= 15 is 0 Å². The normalized spacial score (nSPS) is 11.4. The summed E-state index contributed by atoms with van der Waals surface area (Å²) in [6.07, 6.45) is 4.56. The maximum absolute atomic E-state index is 5.53. The molecule has 4 nitrogen and oxygen atoms in total. The molecule has 1 rings (SSSR count). The Labute approximate surface area is 110 Å². The summed E-state index contributed by atoms with van der Waals surface area (Å²) < 4.78 is 11.1. The molecule has 0 saturated carbocycles. The van der Waals surface area contributed by atoms with Gasteiger partial charge in [-0.2, -0.15) is 0 Å². The number of aromatic nitrogens is 1. The van der Waals surface area contributed by atoms with E-state index in [0.29, 0.717) is 13.2 Å². The van der Waals surface area contributed by atoms with E-state index in [0.717, 1.165) is 19.5 Å². The van der Waals surface area contributed by atoms with Crippen LogP contribution in [0.4, 0.5) is 0 Å². The first-order chi connectivity index (χ1) is 8.76. The molecule has 0 N–H and O–H groups in total. The minimum Gasteiger partial charge on any atom is -0.352 e. The van der Waals surface area contributed by atoms with Crippen molar-refractivity contribution in [2.75, 3.05) is 33.4 Å². The number of hydrogen-bond acceptors (Lipinski definition) is 4. The number of pyridine rings is 1. The molecule has 0 radical (unpaired) electrons. The van der Waals surface area contributed by atoms with Crippen LogP contribution in [0.5, 0.6) is 0 Å². The van der Waals surface area contributed by atoms with Gasteiger partial charge in [-0.3, -0.25) is 4.98 Å². The Balaban J connectivity index is 2.29. The van der Waals surface area contributed by atoms with Crippen LogP contribution in [-0.4, -0.2) is 49.5 Å². The van der Waals surface area contributed by atoms with Crippen molar-refractivity contribution in [2.45, 2.75) is 26.6 Å². The molecule has 18 heavy (non-hydrogen) atoms. The molecule has 0 unspecified atom stereocenters. The van der Waals surface area contributed by atoms with Gasteiger partial charge in [-0.25, -0.2) is 0 Å². The number of ether oxygens (including phenoxy) is 2. The summed E-state index contributed by atoms with van der Waals surface area (Å²) >= 11 is 0. The van der Waals surface area contributed by atoms with Crippen molar-refractivity contribution >= 4 is 0 Å². The van der Waals surface area contributed by atoms with Gasteiger partial charge in [-0.05, 0) is 45.0 Å². The van der Waals surface area contributed by atoms with Crippen LogP contribution in [0.25, 0.3) is 0 Å². The molecule has 0 aromatic carbocycles. The lowest BCUT2D eigenvalue weighted by Gasteiger charge is -2.23. The minimum atomic E-state index is -0.123. The van der Waals surface area contributed by atoms with Gasteiger partial charge >= 0.3 is 0 Å². The first-order valence-electron chi connectivity index (χ1n) is 6.56. The molecule has 1 aromatic rings. The number of hydrogen-bond donors (Lipinski definition) is 0. The van der Waals surface area contributed by atoms with Crippen LogP contribution >= 0.6 is 0 Å². The van der Waals surface area contributed by atoms with E-state index < -0.39 is 0 Å². The average molecular weight is 252 g/mol. The van der Waals surface area contributed by atoms with Crippen molar-refractivity contribution < 1.29 is 9.47 Å². The molecular weight excluding hydrogens is 228 g/mol. The van der Waals surface area contributed by atoms with Gasteiger partial charge in [-0.1, -0.05) is 0 Å². The monoisotopic (exact) mass is 252 g/mol. The van der Waals surface area contributed by atoms with Crippen molar-refractivity contribution in [2.24, 2.45) is 0 Å². The van der Waals surface area contributed by atoms with Gasteiger partial charge in [-0.15, -0.1) is 0 Å². The lowest BCUT2D eigenvalue weighted by molar-refractivity contribution is -0.145. The van der Waals surface area contributed by atoms with Crippen molar-refractivity contribution in [3.63, 3.8) is 0 Å². The lowest BCUT2D eigenvalue weighted by atomic mass is 10.2. The van der Waals surface area contributed by atoms with Crippen LogP contribution in [-0.2, 0) is 15.9 Å². The molecule has 0 saturated heterocycles. The number of rotatable bonds is 9. The molecule has 0 bridgehead atoms. The first-order valence-corrected chi connectivity index (χ1v) is 6.56. The molecule has 1 heterocycles. The Kier molecular flexibility index (Phi) is 7.57. The van der Waals surface area contributed by atoms with Crippen LogP contribution in [0, 0.1) is 0 Å². The van der Waals surface area contributed by atoms with Crippen molar-refractivity contribution in [3.05, 3.63) is 30.1 Å². The zero-order valence-corrected chi connectivity index (χ0v) is 11.6. The molecule has 1 aromatic heterocycles. The predicted octanol–water partition coefficient (Wildman–Crippen LogP) is 1.95. The fourth-order valence-electron chi connectivity index (χ4n) is 1.74. The topological polar surface area (TPSA) is 34.6 Å². The predicted molar refractivity (Wildman–Crippen MR) is 72.5 cm³/mol. The van der Waals surface area contributed by atoms with Crippen LogP contribution in [0.15, 0.2) is 24.5 Å². The van der Waals surface area contributed by atoms with Crippen LogP contribution in [0.3, 0.4) is 0 Å². The fourth-order valence-corrected chi connectivity index (χ4v) is 1.74. The summed E-state index contributed by atoms with van der Waals surface area (Å²) in [5.41, 5.74) is 1.31. The van der Waals surface area contributed by atoms with E-state index in [1.54, 1.807) is 0 Å². The standard InChI is InChI=1S/C14H24N2O2/c1-4-17-14(18-5-2)12-16(3)11-8-13-6-9-15-10-7-13/h6-7,9-10,14H,4-5,8,11-12H2,1-3H3. The second-order valence-corrected chi connectivity index (χ2v) is 4.21. The smallest absolute Gasteiger partial charge is 0.170 e. The summed E-state index contributed by atoms with van der Waals surface area (Å²) in [5.74, 6) is 0. The third-order valence-corrected chi connectivity index (χ3v) is 2.70. The fraction of sp³-hybridized carbons (Fsp3) is 0.643. The third kappa shape index (κ3) is 6.10. The highest BCUT2D eigenvalue weighted by atomic mass is 16.7. The molecular formula is C14H24N2O2. The maximum atomic E-state index is 5.53. The summed E-state index contributed by atoms with van der Waals surface area (Å²) in [6.45, 7) is 7.13. The molecule has 4 heteroatoms. The van der Waals surface area contributed by atoms with Gasteiger partial charge in [0.05, 0.1) is 0 Å². The molecule has 0 aliphatic heterocycles. The summed E-state index contributed by atoms with van der Waals surface area (Å²) in [6, 6.07) is 4.10. The Hall–Kier alpha value is -0.970. The lowest BCUT2D eigenvalue weighted by Crippen LogP contribution is -2.34. The third-order valence-electron chi connectivity index (χ3n) is 2.70. The Morgan fingerprint density at radius 1 is 1.17 bits per heavy atom. The van der Waals surface area contributed by atoms with Crippen LogP contribution in [0.1, 0.15) is 19.4 Å². The molecule has 0 aliphatic carbocycles. The molecule has 0 atom stereocenters. The van der Waals surface area contributed by atoms with Gasteiger partial charge in [0.1, 0.15) is 0 Å². The van der Waals surface area contributed by atoms with Crippen molar-refractivity contribution in [3.8, 4) is 0 Å². The SMILES string of the molecule is CCOC(CN(C)CCc1ccncc1)OCC. The van der Waals surface area contributed by atoms with E-state index in [2.05, 4.69) is 29.1 Å². The molecule has 0 fully saturated rings. The summed E-state index contributed by atoms with van der Waals surface area (Å²) in [7, 11) is 2.09. The first kappa shape index (κ1) is 15.1. The van der Waals surface area contributed by atoms with Gasteiger partial charge in [0.25, 0.3) is 0 Å². The van der Waals surface area contributed by atoms with E-state index in [-0.39, 0.29) is 6.29 Å². The van der Waals surface area contributed by atoms with E-state index in [4.69, 9.17) is 9.47 Å². The quantitative estimate of drug-likeness (QED) is 0.629. The number of likely N-dealkylation sites (N-methyl/N-ethyl adjacent to an activating group) is 1. The largest absolute Gasteiger partial charge is 0.352 e. The van der Waals surface area contributed by atoms with Crippen LogP contribution < -0.4 is 0 Å². The minimum absolute atomic E-state index is 0.123. The van der Waals surface area contributed by atoms with Crippen LogP contribution in [0.2, 0.25) is 0 Å². The molecule has 0 amide bonds. The zero-order valence-electron chi connectivity index (χ0n) is 11.6. The van der Waals surface area contributed by atoms with Gasteiger partial charge in [0.15, 0.2) is 6.29 Å². The van der Waals surface area contributed by atoms with Crippen molar-refractivity contribution in [1.29, 1.82) is 0 Å². The van der Waals surface area contributed by atoms with E-state index in [1.165, 1.54) is 5.56 Å². The van der Waals surface area contributed by atoms with E-state index in [1.807, 2.05) is 26.2 Å². The maximum Gasteiger partial charge on any atom is 0.170 e. The molecule has 0 aliphatic rings. The second-order valence-electron chi connectivity index (χ2n) is 4.21. The highest BCUT2D eigenvalue weighted by Crippen LogP contribution is 2.02. The molecule has 102 valence electrons. The second kappa shape index (κ2) is 9.03. The highest BCUT2D eigenvalue weighted by Gasteiger charge is 2.11. The van der Waals surface area contributed by atoms with E-state index in [9.17, 15) is 0 Å². The summed E-state index contributed by atoms with van der Waals surface area (Å²) in [5, 5.41) is 0. The Morgan fingerprint density at radius 3 is 2.33 bits per heavy atom. The molecule has 0 spiro atoms. The average Bonchev–Trinajstić information content (AvgIpc) is 2.38. The van der Waals surface area contributed by atoms with Crippen molar-refractivity contribution in [1.82, 2.24) is 9.88 Å². The zero-order chi connectivity index (χ0) is 13.2. The highest BCUT2D eigenvalue weighted by molar-refractivity contribution is 5.09. The van der Waals surface area contributed by atoms with Gasteiger partial charge in [0, 0.05) is 38.7 Å². The summed E-state index contributed by atoms with van der Waals surface area (Å²) in [4.78, 5) is 6.25. The number of nitrogens with zero attached hydrogens (tertiary/aromatic N) is 2. The Morgan fingerprint density at radius 2 is 1.78 bits per heavy atom. The Bertz CT molecular complexity index is 300. The van der Waals surface area contributed by atoms with Gasteiger partial charge in [0.2, 0.25) is 0 Å². The van der Waals surface area contributed by atoms with Gasteiger partial charge < -0.3 is 14.4 Å².